The number of oxime groups is 1. The standard InChI is InChI=1S/C23H21NO/c1-19-12-14-21(15-13-19)18-24-25-23(22-10-6-3-7-11-22)17-16-20-8-4-2-5-9-20/h2-18,23H,1H3/b17-16+,24-18+. The number of nitrogens with zero attached hydrogens (tertiary/aromatic N) is 1. The van der Waals surface area contributed by atoms with Gasteiger partial charge in [-0.15, -0.1) is 0 Å². The van der Waals surface area contributed by atoms with Gasteiger partial charge in [-0.25, -0.2) is 0 Å². The summed E-state index contributed by atoms with van der Waals surface area (Å²) >= 11 is 0. The average Bonchev–Trinajstić information content (AvgIpc) is 2.67. The first kappa shape index (κ1) is 16.7. The molecule has 0 amide bonds. The number of rotatable bonds is 6. The van der Waals surface area contributed by atoms with E-state index in [1.807, 2.05) is 66.7 Å². The van der Waals surface area contributed by atoms with Gasteiger partial charge in [0.1, 0.15) is 0 Å². The molecule has 3 rings (SSSR count). The molecule has 3 aromatic carbocycles. The van der Waals surface area contributed by atoms with Crippen LogP contribution in [0.2, 0.25) is 0 Å². The third-order valence-electron chi connectivity index (χ3n) is 3.84. The molecule has 2 heteroatoms. The van der Waals surface area contributed by atoms with Crippen molar-refractivity contribution in [3.05, 3.63) is 113 Å². The van der Waals surface area contributed by atoms with Crippen LogP contribution >= 0.6 is 0 Å². The summed E-state index contributed by atoms with van der Waals surface area (Å²) < 4.78 is 0. The van der Waals surface area contributed by atoms with E-state index < -0.39 is 0 Å². The zero-order chi connectivity index (χ0) is 17.3. The molecular weight excluding hydrogens is 306 g/mol. The summed E-state index contributed by atoms with van der Waals surface area (Å²) in [6.45, 7) is 2.07. The van der Waals surface area contributed by atoms with Crippen LogP contribution < -0.4 is 0 Å². The molecule has 0 saturated carbocycles. The van der Waals surface area contributed by atoms with E-state index in [0.29, 0.717) is 0 Å². The van der Waals surface area contributed by atoms with Gasteiger partial charge in [0.2, 0.25) is 0 Å². The van der Waals surface area contributed by atoms with E-state index in [2.05, 4.69) is 42.4 Å². The average molecular weight is 327 g/mol. The quantitative estimate of drug-likeness (QED) is 0.414. The molecule has 0 aliphatic rings. The number of benzene rings is 3. The zero-order valence-electron chi connectivity index (χ0n) is 14.2. The fraction of sp³-hybridized carbons (Fsp3) is 0.0870. The molecular formula is C23H21NO. The third-order valence-corrected chi connectivity index (χ3v) is 3.84. The van der Waals surface area contributed by atoms with E-state index in [-0.39, 0.29) is 6.10 Å². The summed E-state index contributed by atoms with van der Waals surface area (Å²) in [5, 5.41) is 4.18. The topological polar surface area (TPSA) is 21.6 Å². The lowest BCUT2D eigenvalue weighted by Crippen LogP contribution is -1.97. The van der Waals surface area contributed by atoms with Gasteiger partial charge < -0.3 is 4.84 Å². The predicted molar refractivity (Wildman–Crippen MR) is 105 cm³/mol. The first-order chi connectivity index (χ1) is 12.3. The van der Waals surface area contributed by atoms with E-state index in [1.165, 1.54) is 5.56 Å². The van der Waals surface area contributed by atoms with Gasteiger partial charge in [-0.2, -0.15) is 0 Å². The highest BCUT2D eigenvalue weighted by atomic mass is 16.6. The van der Waals surface area contributed by atoms with E-state index in [0.717, 1.165) is 16.7 Å². The Morgan fingerprint density at radius 3 is 2.08 bits per heavy atom. The van der Waals surface area contributed by atoms with Crippen molar-refractivity contribution in [2.75, 3.05) is 0 Å². The monoisotopic (exact) mass is 327 g/mol. The number of hydrogen-bond donors (Lipinski definition) is 0. The maximum atomic E-state index is 5.77. The minimum atomic E-state index is -0.233. The first-order valence-electron chi connectivity index (χ1n) is 8.35. The lowest BCUT2D eigenvalue weighted by atomic mass is 10.1. The Labute approximate surface area is 149 Å². The molecule has 3 aromatic rings. The third kappa shape index (κ3) is 5.18. The van der Waals surface area contributed by atoms with Gasteiger partial charge in [-0.3, -0.25) is 0 Å². The second-order valence-corrected chi connectivity index (χ2v) is 5.85. The van der Waals surface area contributed by atoms with Crippen molar-refractivity contribution in [3.8, 4) is 0 Å². The van der Waals surface area contributed by atoms with Gasteiger partial charge in [0.05, 0.1) is 6.21 Å². The normalized spacial score (nSPS) is 12.5. The van der Waals surface area contributed by atoms with Gasteiger partial charge in [0, 0.05) is 0 Å². The second kappa shape index (κ2) is 8.65. The van der Waals surface area contributed by atoms with Crippen LogP contribution in [0, 0.1) is 6.92 Å². The Morgan fingerprint density at radius 1 is 0.760 bits per heavy atom. The van der Waals surface area contributed by atoms with Crippen molar-refractivity contribution < 1.29 is 4.84 Å². The fourth-order valence-corrected chi connectivity index (χ4v) is 2.42. The summed E-state index contributed by atoms with van der Waals surface area (Å²) in [5.41, 5.74) is 4.45. The van der Waals surface area contributed by atoms with Crippen LogP contribution in [0.1, 0.15) is 28.4 Å². The molecule has 0 bridgehead atoms. The van der Waals surface area contributed by atoms with Crippen LogP contribution in [0.15, 0.2) is 96.2 Å². The van der Waals surface area contributed by atoms with Crippen LogP contribution in [0.4, 0.5) is 0 Å². The van der Waals surface area contributed by atoms with Crippen molar-refractivity contribution in [2.45, 2.75) is 13.0 Å². The molecule has 2 nitrogen and oxygen atoms in total. The van der Waals surface area contributed by atoms with Crippen LogP contribution in [-0.4, -0.2) is 6.21 Å². The van der Waals surface area contributed by atoms with Crippen LogP contribution in [0.3, 0.4) is 0 Å². The second-order valence-electron chi connectivity index (χ2n) is 5.85. The summed E-state index contributed by atoms with van der Waals surface area (Å²) in [4.78, 5) is 5.77. The molecule has 0 aliphatic heterocycles. The molecule has 0 N–H and O–H groups in total. The van der Waals surface area contributed by atoms with Crippen LogP contribution in [0.25, 0.3) is 6.08 Å². The van der Waals surface area contributed by atoms with Gasteiger partial charge in [0.15, 0.2) is 6.10 Å². The summed E-state index contributed by atoms with van der Waals surface area (Å²) in [6.07, 6.45) is 5.59. The SMILES string of the molecule is Cc1ccc(/C=N/OC(/C=C/c2ccccc2)c2ccccc2)cc1. The zero-order valence-corrected chi connectivity index (χ0v) is 14.2. The van der Waals surface area contributed by atoms with E-state index in [9.17, 15) is 0 Å². The van der Waals surface area contributed by atoms with Crippen LogP contribution in [-0.2, 0) is 4.84 Å². The largest absolute Gasteiger partial charge is 0.383 e. The summed E-state index contributed by atoms with van der Waals surface area (Å²) in [6, 6.07) is 28.4. The molecule has 0 fully saturated rings. The lowest BCUT2D eigenvalue weighted by molar-refractivity contribution is 0.0948. The highest BCUT2D eigenvalue weighted by Gasteiger charge is 2.08. The molecule has 0 aliphatic carbocycles. The van der Waals surface area contributed by atoms with E-state index in [1.54, 1.807) is 6.21 Å². The molecule has 0 heterocycles. The Morgan fingerprint density at radius 2 is 1.40 bits per heavy atom. The van der Waals surface area contributed by atoms with E-state index >= 15 is 0 Å². The maximum Gasteiger partial charge on any atom is 0.171 e. The molecule has 1 atom stereocenters. The Kier molecular flexibility index (Phi) is 5.78. The highest BCUT2D eigenvalue weighted by molar-refractivity contribution is 5.79. The van der Waals surface area contributed by atoms with Crippen molar-refractivity contribution in [2.24, 2.45) is 5.16 Å². The lowest BCUT2D eigenvalue weighted by Gasteiger charge is -2.11. The van der Waals surface area contributed by atoms with Crippen molar-refractivity contribution in [1.82, 2.24) is 0 Å². The molecule has 124 valence electrons. The molecule has 0 radical (unpaired) electrons. The van der Waals surface area contributed by atoms with Gasteiger partial charge in [0.25, 0.3) is 0 Å². The predicted octanol–water partition coefficient (Wildman–Crippen LogP) is 5.80. The van der Waals surface area contributed by atoms with Crippen molar-refractivity contribution >= 4 is 12.3 Å². The number of hydrogen-bond acceptors (Lipinski definition) is 2. The maximum absolute atomic E-state index is 5.77. The van der Waals surface area contributed by atoms with E-state index in [4.69, 9.17) is 4.84 Å². The minimum absolute atomic E-state index is 0.233. The molecule has 1 unspecified atom stereocenters. The van der Waals surface area contributed by atoms with Crippen LogP contribution in [0.5, 0.6) is 0 Å². The Balaban J connectivity index is 1.74. The van der Waals surface area contributed by atoms with Gasteiger partial charge in [-0.05, 0) is 29.7 Å². The molecule has 0 aromatic heterocycles. The van der Waals surface area contributed by atoms with Gasteiger partial charge in [-0.1, -0.05) is 102 Å². The molecule has 25 heavy (non-hydrogen) atoms. The van der Waals surface area contributed by atoms with Crippen molar-refractivity contribution in [1.29, 1.82) is 0 Å². The number of aryl methyl sites for hydroxylation is 1. The molecule has 0 saturated heterocycles. The summed E-state index contributed by atoms with van der Waals surface area (Å²) in [7, 11) is 0. The molecule has 0 spiro atoms. The first-order valence-corrected chi connectivity index (χ1v) is 8.35. The fourth-order valence-electron chi connectivity index (χ4n) is 2.42. The smallest absolute Gasteiger partial charge is 0.171 e. The Bertz CT molecular complexity index is 821. The Hall–Kier alpha value is -3.13. The highest BCUT2D eigenvalue weighted by Crippen LogP contribution is 2.20. The summed E-state index contributed by atoms with van der Waals surface area (Å²) in [5.74, 6) is 0. The van der Waals surface area contributed by atoms with Gasteiger partial charge >= 0.3 is 0 Å². The van der Waals surface area contributed by atoms with Crippen molar-refractivity contribution in [3.63, 3.8) is 0 Å². The minimum Gasteiger partial charge on any atom is -0.383 e.